The van der Waals surface area contributed by atoms with Crippen LogP contribution in [0, 0.1) is 0 Å². The zero-order valence-electron chi connectivity index (χ0n) is 11.9. The van der Waals surface area contributed by atoms with Gasteiger partial charge in [0.25, 0.3) is 0 Å². The summed E-state index contributed by atoms with van der Waals surface area (Å²) in [5.74, 6) is 0.798. The van der Waals surface area contributed by atoms with Gasteiger partial charge in [-0.3, -0.25) is 9.69 Å². The van der Waals surface area contributed by atoms with Crippen molar-refractivity contribution in [2.45, 2.75) is 39.3 Å². The number of furan rings is 1. The second kappa shape index (κ2) is 8.72. The van der Waals surface area contributed by atoms with Crippen molar-refractivity contribution in [2.24, 2.45) is 5.73 Å². The molecule has 1 rings (SSSR count). The number of carbonyl (C=O) groups is 1. The minimum Gasteiger partial charge on any atom is -0.467 e. The van der Waals surface area contributed by atoms with Crippen molar-refractivity contribution in [1.29, 1.82) is 0 Å². The van der Waals surface area contributed by atoms with E-state index in [0.717, 1.165) is 31.7 Å². The number of rotatable bonds is 9. The highest BCUT2D eigenvalue weighted by Crippen LogP contribution is 2.04. The highest BCUT2D eigenvalue weighted by Gasteiger charge is 2.19. The molecule has 19 heavy (non-hydrogen) atoms. The lowest BCUT2D eigenvalue weighted by molar-refractivity contribution is -0.126. The number of amides is 1. The Labute approximate surface area is 115 Å². The fraction of sp³-hybridized carbons (Fsp3) is 0.643. The van der Waals surface area contributed by atoms with Crippen molar-refractivity contribution in [2.75, 3.05) is 19.6 Å². The Bertz CT molecular complexity index is 352. The maximum absolute atomic E-state index is 12.1. The third-order valence-corrected chi connectivity index (χ3v) is 3.10. The van der Waals surface area contributed by atoms with Gasteiger partial charge in [-0.25, -0.2) is 0 Å². The topological polar surface area (TPSA) is 71.5 Å². The molecule has 5 nitrogen and oxygen atoms in total. The van der Waals surface area contributed by atoms with Crippen LogP contribution in [0.3, 0.4) is 0 Å². The molecule has 0 saturated carbocycles. The van der Waals surface area contributed by atoms with E-state index in [2.05, 4.69) is 17.1 Å². The predicted molar refractivity (Wildman–Crippen MR) is 75.6 cm³/mol. The Morgan fingerprint density at radius 2 is 2.32 bits per heavy atom. The van der Waals surface area contributed by atoms with Crippen molar-refractivity contribution >= 4 is 5.91 Å². The van der Waals surface area contributed by atoms with E-state index in [9.17, 15) is 4.79 Å². The molecule has 5 heteroatoms. The van der Waals surface area contributed by atoms with Crippen LogP contribution < -0.4 is 11.1 Å². The first-order valence-electron chi connectivity index (χ1n) is 6.93. The molecule has 0 radical (unpaired) electrons. The van der Waals surface area contributed by atoms with Crippen molar-refractivity contribution in [3.05, 3.63) is 24.2 Å². The van der Waals surface area contributed by atoms with E-state index in [1.165, 1.54) is 0 Å². The molecule has 0 aliphatic rings. The fourth-order valence-electron chi connectivity index (χ4n) is 1.98. The lowest BCUT2D eigenvalue weighted by Crippen LogP contribution is -2.45. The van der Waals surface area contributed by atoms with Crippen LogP contribution in [0.25, 0.3) is 0 Å². The molecule has 0 saturated heterocycles. The van der Waals surface area contributed by atoms with Crippen molar-refractivity contribution in [1.82, 2.24) is 10.2 Å². The Kier molecular flexibility index (Phi) is 7.22. The summed E-state index contributed by atoms with van der Waals surface area (Å²) >= 11 is 0. The lowest BCUT2D eigenvalue weighted by atomic mass is 10.2. The van der Waals surface area contributed by atoms with Gasteiger partial charge in [0.1, 0.15) is 5.76 Å². The smallest absolute Gasteiger partial charge is 0.237 e. The molecular formula is C14H25N3O2. The number of nitrogens with zero attached hydrogens (tertiary/aromatic N) is 1. The second-order valence-electron chi connectivity index (χ2n) is 4.65. The van der Waals surface area contributed by atoms with Gasteiger partial charge in [0.05, 0.1) is 18.8 Å². The van der Waals surface area contributed by atoms with Gasteiger partial charge in [-0.2, -0.15) is 0 Å². The van der Waals surface area contributed by atoms with Crippen molar-refractivity contribution < 1.29 is 9.21 Å². The first kappa shape index (κ1) is 15.7. The number of hydrogen-bond acceptors (Lipinski definition) is 4. The van der Waals surface area contributed by atoms with E-state index in [-0.39, 0.29) is 11.9 Å². The average molecular weight is 267 g/mol. The van der Waals surface area contributed by atoms with Gasteiger partial charge in [0, 0.05) is 6.54 Å². The van der Waals surface area contributed by atoms with Crippen LogP contribution in [-0.4, -0.2) is 36.5 Å². The quantitative estimate of drug-likeness (QED) is 0.708. The summed E-state index contributed by atoms with van der Waals surface area (Å²) in [4.78, 5) is 14.3. The molecule has 0 aliphatic carbocycles. The molecule has 108 valence electrons. The van der Waals surface area contributed by atoms with Gasteiger partial charge in [-0.1, -0.05) is 6.92 Å². The first-order valence-corrected chi connectivity index (χ1v) is 6.93. The van der Waals surface area contributed by atoms with Crippen LogP contribution in [0.2, 0.25) is 0 Å². The fourth-order valence-corrected chi connectivity index (χ4v) is 1.98. The Hall–Kier alpha value is -1.33. The maximum atomic E-state index is 12.1. The van der Waals surface area contributed by atoms with Crippen molar-refractivity contribution in [3.8, 4) is 0 Å². The molecule has 1 aromatic rings. The molecule has 3 N–H and O–H groups in total. The number of carbonyl (C=O) groups excluding carboxylic acids is 1. The summed E-state index contributed by atoms with van der Waals surface area (Å²) in [5, 5.41) is 2.89. The summed E-state index contributed by atoms with van der Waals surface area (Å²) < 4.78 is 5.19. The van der Waals surface area contributed by atoms with Gasteiger partial charge in [0.2, 0.25) is 5.91 Å². The molecule has 1 heterocycles. The first-order chi connectivity index (χ1) is 9.19. The van der Waals surface area contributed by atoms with Gasteiger partial charge in [-0.15, -0.1) is 0 Å². The SMILES string of the molecule is CCCN(CCCN)C(C)C(=O)NCc1ccco1. The van der Waals surface area contributed by atoms with Gasteiger partial charge in [-0.05, 0) is 45.0 Å². The molecule has 0 aromatic carbocycles. The monoisotopic (exact) mass is 267 g/mol. The highest BCUT2D eigenvalue weighted by molar-refractivity contribution is 5.81. The molecule has 1 amide bonds. The molecular weight excluding hydrogens is 242 g/mol. The van der Waals surface area contributed by atoms with E-state index in [0.29, 0.717) is 13.1 Å². The summed E-state index contributed by atoms with van der Waals surface area (Å²) in [6.45, 7) is 6.91. The van der Waals surface area contributed by atoms with E-state index < -0.39 is 0 Å². The third kappa shape index (κ3) is 5.44. The molecule has 1 unspecified atom stereocenters. The molecule has 1 aromatic heterocycles. The molecule has 0 bridgehead atoms. The lowest BCUT2D eigenvalue weighted by Gasteiger charge is -2.27. The Morgan fingerprint density at radius 3 is 2.89 bits per heavy atom. The van der Waals surface area contributed by atoms with Gasteiger partial charge < -0.3 is 15.5 Å². The van der Waals surface area contributed by atoms with Crippen LogP contribution in [0.4, 0.5) is 0 Å². The minimum absolute atomic E-state index is 0.0295. The Balaban J connectivity index is 2.42. The average Bonchev–Trinajstić information content (AvgIpc) is 2.93. The zero-order valence-corrected chi connectivity index (χ0v) is 11.9. The number of hydrogen-bond donors (Lipinski definition) is 2. The van der Waals surface area contributed by atoms with Crippen molar-refractivity contribution in [3.63, 3.8) is 0 Å². The summed E-state index contributed by atoms with van der Waals surface area (Å²) in [6, 6.07) is 3.53. The number of nitrogens with two attached hydrogens (primary N) is 1. The van der Waals surface area contributed by atoms with E-state index in [1.54, 1.807) is 6.26 Å². The zero-order chi connectivity index (χ0) is 14.1. The van der Waals surface area contributed by atoms with Crippen LogP contribution in [0.5, 0.6) is 0 Å². The predicted octanol–water partition coefficient (Wildman–Crippen LogP) is 1.35. The van der Waals surface area contributed by atoms with E-state index in [1.807, 2.05) is 19.1 Å². The molecule has 0 aliphatic heterocycles. The molecule has 0 fully saturated rings. The molecule has 1 atom stereocenters. The standard InChI is InChI=1S/C14H25N3O2/c1-3-8-17(9-5-7-15)12(2)14(18)16-11-13-6-4-10-19-13/h4,6,10,12H,3,5,7-9,11,15H2,1-2H3,(H,16,18). The largest absolute Gasteiger partial charge is 0.467 e. The summed E-state index contributed by atoms with van der Waals surface area (Å²) in [7, 11) is 0. The van der Waals surface area contributed by atoms with Crippen LogP contribution >= 0.6 is 0 Å². The van der Waals surface area contributed by atoms with Gasteiger partial charge >= 0.3 is 0 Å². The van der Waals surface area contributed by atoms with E-state index in [4.69, 9.17) is 10.2 Å². The van der Waals surface area contributed by atoms with Crippen LogP contribution in [-0.2, 0) is 11.3 Å². The Morgan fingerprint density at radius 1 is 1.53 bits per heavy atom. The summed E-state index contributed by atoms with van der Waals surface area (Å²) in [5.41, 5.74) is 5.53. The van der Waals surface area contributed by atoms with E-state index >= 15 is 0 Å². The third-order valence-electron chi connectivity index (χ3n) is 3.10. The van der Waals surface area contributed by atoms with Crippen LogP contribution in [0.15, 0.2) is 22.8 Å². The highest BCUT2D eigenvalue weighted by atomic mass is 16.3. The van der Waals surface area contributed by atoms with Crippen LogP contribution in [0.1, 0.15) is 32.4 Å². The maximum Gasteiger partial charge on any atom is 0.237 e. The van der Waals surface area contributed by atoms with Gasteiger partial charge in [0.15, 0.2) is 0 Å². The number of nitrogens with one attached hydrogen (secondary N) is 1. The minimum atomic E-state index is -0.138. The summed E-state index contributed by atoms with van der Waals surface area (Å²) in [6.07, 6.45) is 3.55. The molecule has 0 spiro atoms. The second-order valence-corrected chi connectivity index (χ2v) is 4.65. The normalized spacial score (nSPS) is 12.6.